The molecule has 0 amide bonds. The topological polar surface area (TPSA) is 12.9 Å². The maximum Gasteiger partial charge on any atom is 0.151 e. The van der Waals surface area contributed by atoms with Gasteiger partial charge in [-0.1, -0.05) is 19.1 Å². The van der Waals surface area contributed by atoms with Gasteiger partial charge in [0.15, 0.2) is 6.17 Å². The van der Waals surface area contributed by atoms with Gasteiger partial charge in [-0.2, -0.15) is 0 Å². The van der Waals surface area contributed by atoms with Crippen LogP contribution in [0.4, 0.5) is 4.39 Å². The third kappa shape index (κ3) is 1.56. The monoisotopic (exact) mass is 195 g/mol. The lowest BCUT2D eigenvalue weighted by molar-refractivity contribution is 0.334. The molecule has 0 radical (unpaired) electrons. The molecule has 1 nitrogen and oxygen atoms in total. The maximum atomic E-state index is 13.3. The molecule has 13 heavy (non-hydrogen) atoms. The molecule has 1 aromatic carbocycles. The molecule has 0 saturated heterocycles. The minimum absolute atomic E-state index is 0.500. The Balaban J connectivity index is 2.49. The Morgan fingerprint density at radius 2 is 2.23 bits per heavy atom. The highest BCUT2D eigenvalue weighted by Crippen LogP contribution is 2.29. The first kappa shape index (κ1) is 8.63. The van der Waals surface area contributed by atoms with Crippen LogP contribution in [0.3, 0.4) is 0 Å². The largest absolute Gasteiger partial charge is 0.240 e. The number of nitrogens with zero attached hydrogens (tertiary/aromatic N) is 1. The predicted octanol–water partition coefficient (Wildman–Crippen LogP) is 3.72. The van der Waals surface area contributed by atoms with Crippen LogP contribution in [0.2, 0.25) is 0 Å². The van der Waals surface area contributed by atoms with Crippen molar-refractivity contribution in [3.63, 3.8) is 0 Å². The Bertz CT molecular complexity index is 377. The molecule has 0 spiro atoms. The number of benzene rings is 1. The van der Waals surface area contributed by atoms with Crippen LogP contribution < -0.4 is 0 Å². The van der Waals surface area contributed by atoms with Crippen molar-refractivity contribution in [2.75, 3.05) is 0 Å². The first-order valence-electron chi connectivity index (χ1n) is 4.31. The molecule has 0 aliphatic heterocycles. The summed E-state index contributed by atoms with van der Waals surface area (Å²) in [6.07, 6.45) is -0.405. The Hall–Kier alpha value is -0.960. The molecular weight excluding hydrogens is 185 g/mol. The average Bonchev–Trinajstić information content (AvgIpc) is 2.59. The van der Waals surface area contributed by atoms with Gasteiger partial charge in [-0.15, -0.1) is 11.3 Å². The van der Waals surface area contributed by atoms with Gasteiger partial charge in [0.2, 0.25) is 0 Å². The Kier molecular flexibility index (Phi) is 2.27. The van der Waals surface area contributed by atoms with Crippen molar-refractivity contribution in [3.8, 4) is 0 Å². The third-order valence-electron chi connectivity index (χ3n) is 1.94. The summed E-state index contributed by atoms with van der Waals surface area (Å²) >= 11 is 1.44. The van der Waals surface area contributed by atoms with Crippen LogP contribution in [-0.2, 0) is 0 Å². The van der Waals surface area contributed by atoms with Gasteiger partial charge in [0.1, 0.15) is 5.01 Å². The predicted molar refractivity (Wildman–Crippen MR) is 53.8 cm³/mol. The fourth-order valence-corrected chi connectivity index (χ4v) is 2.23. The molecule has 0 bridgehead atoms. The number of hydrogen-bond donors (Lipinski definition) is 0. The minimum atomic E-state index is -0.905. The smallest absolute Gasteiger partial charge is 0.151 e. The molecule has 1 atom stereocenters. The van der Waals surface area contributed by atoms with E-state index in [9.17, 15) is 4.39 Å². The Labute approximate surface area is 80.2 Å². The number of fused-ring (bicyclic) bond motifs is 1. The molecule has 0 N–H and O–H groups in total. The number of para-hydroxylation sites is 1. The molecule has 0 saturated carbocycles. The third-order valence-corrected chi connectivity index (χ3v) is 3.06. The number of halogens is 1. The van der Waals surface area contributed by atoms with E-state index in [1.165, 1.54) is 11.3 Å². The van der Waals surface area contributed by atoms with Crippen molar-refractivity contribution in [2.45, 2.75) is 19.5 Å². The SMILES string of the molecule is CCC(F)c1nc2ccccc2s1. The summed E-state index contributed by atoms with van der Waals surface area (Å²) in [5, 5.41) is 0.601. The molecule has 1 heterocycles. The van der Waals surface area contributed by atoms with E-state index in [0.29, 0.717) is 11.4 Å². The summed E-state index contributed by atoms with van der Waals surface area (Å²) in [5.74, 6) is 0. The lowest BCUT2D eigenvalue weighted by Gasteiger charge is -1.96. The molecular formula is C10H10FNS. The number of thiazole rings is 1. The second-order valence-electron chi connectivity index (χ2n) is 2.90. The van der Waals surface area contributed by atoms with E-state index in [-0.39, 0.29) is 0 Å². The van der Waals surface area contributed by atoms with Crippen molar-refractivity contribution in [1.29, 1.82) is 0 Å². The van der Waals surface area contributed by atoms with E-state index in [4.69, 9.17) is 0 Å². The lowest BCUT2D eigenvalue weighted by atomic mass is 10.3. The van der Waals surface area contributed by atoms with Crippen LogP contribution in [-0.4, -0.2) is 4.98 Å². The number of hydrogen-bond acceptors (Lipinski definition) is 2. The van der Waals surface area contributed by atoms with E-state index < -0.39 is 6.17 Å². The summed E-state index contributed by atoms with van der Waals surface area (Å²) in [6, 6.07) is 7.76. The van der Waals surface area contributed by atoms with Crippen LogP contribution in [0.15, 0.2) is 24.3 Å². The van der Waals surface area contributed by atoms with Gasteiger partial charge >= 0.3 is 0 Å². The second kappa shape index (κ2) is 3.42. The van der Waals surface area contributed by atoms with Crippen LogP contribution in [0.5, 0.6) is 0 Å². The lowest BCUT2D eigenvalue weighted by Crippen LogP contribution is -1.86. The molecule has 1 aromatic heterocycles. The second-order valence-corrected chi connectivity index (χ2v) is 3.96. The van der Waals surface area contributed by atoms with E-state index >= 15 is 0 Å². The minimum Gasteiger partial charge on any atom is -0.240 e. The first-order valence-corrected chi connectivity index (χ1v) is 5.12. The Morgan fingerprint density at radius 1 is 1.46 bits per heavy atom. The van der Waals surface area contributed by atoms with E-state index in [1.807, 2.05) is 31.2 Å². The molecule has 2 aromatic rings. The van der Waals surface area contributed by atoms with Crippen LogP contribution in [0.25, 0.3) is 10.2 Å². The van der Waals surface area contributed by atoms with Crippen LogP contribution in [0, 0.1) is 0 Å². The van der Waals surface area contributed by atoms with Gasteiger partial charge in [0, 0.05) is 0 Å². The van der Waals surface area contributed by atoms with Crippen molar-refractivity contribution in [3.05, 3.63) is 29.3 Å². The highest BCUT2D eigenvalue weighted by molar-refractivity contribution is 7.18. The number of alkyl halides is 1. The summed E-state index contributed by atoms with van der Waals surface area (Å²) in [7, 11) is 0. The Morgan fingerprint density at radius 3 is 2.92 bits per heavy atom. The van der Waals surface area contributed by atoms with Crippen molar-refractivity contribution in [2.24, 2.45) is 0 Å². The zero-order valence-electron chi connectivity index (χ0n) is 7.33. The van der Waals surface area contributed by atoms with Crippen LogP contribution in [0.1, 0.15) is 24.5 Å². The summed E-state index contributed by atoms with van der Waals surface area (Å²) in [4.78, 5) is 4.23. The zero-order chi connectivity index (χ0) is 9.26. The van der Waals surface area contributed by atoms with E-state index in [2.05, 4.69) is 4.98 Å². The van der Waals surface area contributed by atoms with Gasteiger partial charge in [-0.05, 0) is 18.6 Å². The van der Waals surface area contributed by atoms with Gasteiger partial charge in [0.05, 0.1) is 10.2 Å². The summed E-state index contributed by atoms with van der Waals surface area (Å²) in [5.41, 5.74) is 0.901. The zero-order valence-corrected chi connectivity index (χ0v) is 8.14. The molecule has 0 fully saturated rings. The fourth-order valence-electron chi connectivity index (χ4n) is 1.20. The highest BCUT2D eigenvalue weighted by Gasteiger charge is 2.12. The number of rotatable bonds is 2. The molecule has 68 valence electrons. The van der Waals surface area contributed by atoms with Crippen molar-refractivity contribution in [1.82, 2.24) is 4.98 Å². The molecule has 3 heteroatoms. The van der Waals surface area contributed by atoms with E-state index in [0.717, 1.165) is 10.2 Å². The molecule has 0 aliphatic carbocycles. The van der Waals surface area contributed by atoms with Gasteiger partial charge in [-0.3, -0.25) is 0 Å². The normalized spacial score (nSPS) is 13.4. The quantitative estimate of drug-likeness (QED) is 0.711. The van der Waals surface area contributed by atoms with Crippen molar-refractivity contribution < 1.29 is 4.39 Å². The van der Waals surface area contributed by atoms with Gasteiger partial charge in [-0.25, -0.2) is 9.37 Å². The molecule has 1 unspecified atom stereocenters. The van der Waals surface area contributed by atoms with E-state index in [1.54, 1.807) is 0 Å². The molecule has 0 aliphatic rings. The maximum absolute atomic E-state index is 13.3. The molecule has 2 rings (SSSR count). The average molecular weight is 195 g/mol. The summed E-state index contributed by atoms with van der Waals surface area (Å²) < 4.78 is 14.3. The van der Waals surface area contributed by atoms with Crippen molar-refractivity contribution >= 4 is 21.6 Å². The first-order chi connectivity index (χ1) is 6.31. The van der Waals surface area contributed by atoms with Gasteiger partial charge < -0.3 is 0 Å². The van der Waals surface area contributed by atoms with Crippen LogP contribution >= 0.6 is 11.3 Å². The fraction of sp³-hybridized carbons (Fsp3) is 0.300. The van der Waals surface area contributed by atoms with Gasteiger partial charge in [0.25, 0.3) is 0 Å². The highest BCUT2D eigenvalue weighted by atomic mass is 32.1. The standard InChI is InChI=1S/C10H10FNS/c1-2-7(11)10-12-8-5-3-4-6-9(8)13-10/h3-7H,2H2,1H3. The number of aromatic nitrogens is 1. The summed E-state index contributed by atoms with van der Waals surface area (Å²) in [6.45, 7) is 1.83.